The van der Waals surface area contributed by atoms with E-state index in [-0.39, 0.29) is 0 Å². The van der Waals surface area contributed by atoms with Crippen molar-refractivity contribution in [1.29, 1.82) is 0 Å². The Morgan fingerprint density at radius 2 is 2.25 bits per heavy atom. The van der Waals surface area contributed by atoms with Gasteiger partial charge in [-0.25, -0.2) is 4.98 Å². The standard InChI is InChI=1S/C15H16N2OS2/c1-10(7-11-5-6-19-9-11)16-15-17-13-4-3-12(18-2)8-14(13)20-15/h3-6,8-10H,7H2,1-2H3,(H,16,17). The first-order valence-electron chi connectivity index (χ1n) is 6.47. The second-order valence-electron chi connectivity index (χ2n) is 4.73. The lowest BCUT2D eigenvalue weighted by Gasteiger charge is -2.11. The van der Waals surface area contributed by atoms with E-state index in [2.05, 4.69) is 34.1 Å². The van der Waals surface area contributed by atoms with Crippen molar-refractivity contribution in [3.63, 3.8) is 0 Å². The van der Waals surface area contributed by atoms with Crippen molar-refractivity contribution in [2.75, 3.05) is 12.4 Å². The number of thiazole rings is 1. The number of nitrogens with one attached hydrogen (secondary N) is 1. The Hall–Kier alpha value is -1.59. The Morgan fingerprint density at radius 1 is 1.35 bits per heavy atom. The van der Waals surface area contributed by atoms with Crippen LogP contribution in [0.5, 0.6) is 5.75 Å². The van der Waals surface area contributed by atoms with Gasteiger partial charge in [0.15, 0.2) is 5.13 Å². The number of methoxy groups -OCH3 is 1. The molecule has 0 amide bonds. The van der Waals surface area contributed by atoms with Crippen molar-refractivity contribution in [3.8, 4) is 5.75 Å². The molecule has 20 heavy (non-hydrogen) atoms. The maximum absolute atomic E-state index is 5.24. The minimum Gasteiger partial charge on any atom is -0.497 e. The lowest BCUT2D eigenvalue weighted by molar-refractivity contribution is 0.415. The normalized spacial score (nSPS) is 12.5. The van der Waals surface area contributed by atoms with Gasteiger partial charge < -0.3 is 10.1 Å². The summed E-state index contributed by atoms with van der Waals surface area (Å²) in [6, 6.07) is 8.51. The molecule has 0 spiro atoms. The molecule has 3 aromatic rings. The van der Waals surface area contributed by atoms with Crippen molar-refractivity contribution in [1.82, 2.24) is 4.98 Å². The molecule has 1 atom stereocenters. The number of anilines is 1. The average molecular weight is 304 g/mol. The number of hydrogen-bond acceptors (Lipinski definition) is 5. The first-order chi connectivity index (χ1) is 9.74. The molecule has 2 heterocycles. The van der Waals surface area contributed by atoms with Gasteiger partial charge in [0, 0.05) is 6.04 Å². The van der Waals surface area contributed by atoms with E-state index in [9.17, 15) is 0 Å². The van der Waals surface area contributed by atoms with E-state index in [0.29, 0.717) is 6.04 Å². The van der Waals surface area contributed by atoms with Gasteiger partial charge in [-0.15, -0.1) is 0 Å². The van der Waals surface area contributed by atoms with Crippen LogP contribution in [0.4, 0.5) is 5.13 Å². The van der Waals surface area contributed by atoms with E-state index in [4.69, 9.17) is 4.74 Å². The molecule has 0 saturated carbocycles. The van der Waals surface area contributed by atoms with Gasteiger partial charge in [-0.3, -0.25) is 0 Å². The highest BCUT2D eigenvalue weighted by molar-refractivity contribution is 7.22. The summed E-state index contributed by atoms with van der Waals surface area (Å²) in [5.41, 5.74) is 2.39. The summed E-state index contributed by atoms with van der Waals surface area (Å²) < 4.78 is 6.39. The van der Waals surface area contributed by atoms with E-state index in [1.807, 2.05) is 18.2 Å². The van der Waals surface area contributed by atoms with Gasteiger partial charge in [-0.1, -0.05) is 11.3 Å². The zero-order chi connectivity index (χ0) is 13.9. The maximum Gasteiger partial charge on any atom is 0.184 e. The molecule has 0 fully saturated rings. The van der Waals surface area contributed by atoms with Crippen molar-refractivity contribution in [2.24, 2.45) is 0 Å². The summed E-state index contributed by atoms with van der Waals surface area (Å²) in [5, 5.41) is 8.76. The zero-order valence-electron chi connectivity index (χ0n) is 11.4. The maximum atomic E-state index is 5.24. The molecule has 0 saturated heterocycles. The molecule has 1 unspecified atom stereocenters. The highest BCUT2D eigenvalue weighted by Crippen LogP contribution is 2.29. The van der Waals surface area contributed by atoms with E-state index >= 15 is 0 Å². The number of nitrogens with zero attached hydrogens (tertiary/aromatic N) is 1. The third kappa shape index (κ3) is 2.94. The van der Waals surface area contributed by atoms with Crippen LogP contribution in [0.1, 0.15) is 12.5 Å². The van der Waals surface area contributed by atoms with Gasteiger partial charge >= 0.3 is 0 Å². The number of benzene rings is 1. The molecule has 5 heteroatoms. The summed E-state index contributed by atoms with van der Waals surface area (Å²) in [5.74, 6) is 0.874. The smallest absolute Gasteiger partial charge is 0.184 e. The number of ether oxygens (including phenoxy) is 1. The molecule has 2 aromatic heterocycles. The molecule has 104 valence electrons. The molecule has 0 aliphatic carbocycles. The Morgan fingerprint density at radius 3 is 3.00 bits per heavy atom. The number of hydrogen-bond donors (Lipinski definition) is 1. The number of thiophene rings is 1. The van der Waals surface area contributed by atoms with Gasteiger partial charge in [0.1, 0.15) is 5.75 Å². The van der Waals surface area contributed by atoms with E-state index < -0.39 is 0 Å². The third-order valence-corrected chi connectivity index (χ3v) is 4.77. The van der Waals surface area contributed by atoms with Crippen LogP contribution >= 0.6 is 22.7 Å². The lowest BCUT2D eigenvalue weighted by atomic mass is 10.1. The first-order valence-corrected chi connectivity index (χ1v) is 8.23. The van der Waals surface area contributed by atoms with Crippen LogP contribution in [0.25, 0.3) is 10.2 Å². The molecular weight excluding hydrogens is 288 g/mol. The van der Waals surface area contributed by atoms with Gasteiger partial charge in [0.25, 0.3) is 0 Å². The highest BCUT2D eigenvalue weighted by atomic mass is 32.1. The molecule has 1 aromatic carbocycles. The molecular formula is C15H16N2OS2. The molecule has 0 radical (unpaired) electrons. The van der Waals surface area contributed by atoms with Gasteiger partial charge in [-0.05, 0) is 53.9 Å². The number of aromatic nitrogens is 1. The SMILES string of the molecule is COc1ccc2nc(NC(C)Cc3ccsc3)sc2c1. The second-order valence-corrected chi connectivity index (χ2v) is 6.54. The van der Waals surface area contributed by atoms with Crippen LogP contribution in [-0.4, -0.2) is 18.1 Å². The Labute approximate surface area is 126 Å². The van der Waals surface area contributed by atoms with Crippen molar-refractivity contribution in [3.05, 3.63) is 40.6 Å². The Bertz CT molecular complexity index is 691. The van der Waals surface area contributed by atoms with E-state index in [1.165, 1.54) is 5.56 Å². The largest absolute Gasteiger partial charge is 0.497 e. The predicted molar refractivity (Wildman–Crippen MR) is 87.3 cm³/mol. The summed E-state index contributed by atoms with van der Waals surface area (Å²) >= 11 is 3.41. The molecule has 3 nitrogen and oxygen atoms in total. The van der Waals surface area contributed by atoms with Crippen LogP contribution in [0.3, 0.4) is 0 Å². The Kier molecular flexibility index (Phi) is 3.89. The summed E-state index contributed by atoms with van der Waals surface area (Å²) in [6.45, 7) is 2.18. The molecule has 1 N–H and O–H groups in total. The minimum atomic E-state index is 0.368. The zero-order valence-corrected chi connectivity index (χ0v) is 13.1. The van der Waals surface area contributed by atoms with Crippen LogP contribution < -0.4 is 10.1 Å². The third-order valence-electron chi connectivity index (χ3n) is 3.09. The number of fused-ring (bicyclic) bond motifs is 1. The highest BCUT2D eigenvalue weighted by Gasteiger charge is 2.09. The van der Waals surface area contributed by atoms with Gasteiger partial charge in [0.05, 0.1) is 17.3 Å². The van der Waals surface area contributed by atoms with Gasteiger partial charge in [-0.2, -0.15) is 11.3 Å². The number of rotatable bonds is 5. The van der Waals surface area contributed by atoms with Crippen LogP contribution in [-0.2, 0) is 6.42 Å². The average Bonchev–Trinajstić information content (AvgIpc) is 3.06. The second kappa shape index (κ2) is 5.81. The molecule has 0 aliphatic heterocycles. The first kappa shape index (κ1) is 13.4. The predicted octanol–water partition coefficient (Wildman–Crippen LogP) is 4.41. The fraction of sp³-hybridized carbons (Fsp3) is 0.267. The monoisotopic (exact) mass is 304 g/mol. The van der Waals surface area contributed by atoms with Crippen molar-refractivity contribution in [2.45, 2.75) is 19.4 Å². The van der Waals surface area contributed by atoms with Crippen molar-refractivity contribution < 1.29 is 4.74 Å². The fourth-order valence-electron chi connectivity index (χ4n) is 2.12. The lowest BCUT2D eigenvalue weighted by Crippen LogP contribution is -2.17. The Balaban J connectivity index is 1.73. The summed E-state index contributed by atoms with van der Waals surface area (Å²) in [4.78, 5) is 4.61. The fourth-order valence-corrected chi connectivity index (χ4v) is 3.81. The van der Waals surface area contributed by atoms with Crippen LogP contribution in [0.15, 0.2) is 35.0 Å². The van der Waals surface area contributed by atoms with E-state index in [0.717, 1.165) is 27.5 Å². The molecule has 0 aliphatic rings. The summed E-state index contributed by atoms with van der Waals surface area (Å²) in [7, 11) is 1.68. The van der Waals surface area contributed by atoms with Crippen LogP contribution in [0, 0.1) is 0 Å². The van der Waals surface area contributed by atoms with Gasteiger partial charge in [0.2, 0.25) is 0 Å². The molecule has 3 rings (SSSR count). The van der Waals surface area contributed by atoms with Crippen LogP contribution in [0.2, 0.25) is 0 Å². The quantitative estimate of drug-likeness (QED) is 0.758. The minimum absolute atomic E-state index is 0.368. The molecule has 0 bridgehead atoms. The van der Waals surface area contributed by atoms with Crippen molar-refractivity contribution >= 4 is 38.0 Å². The summed E-state index contributed by atoms with van der Waals surface area (Å²) in [6.07, 6.45) is 1.02. The van der Waals surface area contributed by atoms with E-state index in [1.54, 1.807) is 29.8 Å². The topological polar surface area (TPSA) is 34.1 Å².